The molecule has 4 heterocycles. The number of fused-ring (bicyclic) bond motifs is 1. The molecule has 0 bridgehead atoms. The van der Waals surface area contributed by atoms with Crippen LogP contribution in [0.4, 0.5) is 0 Å². The number of rotatable bonds is 3. The molecule has 0 spiro atoms. The van der Waals surface area contributed by atoms with E-state index in [1.165, 1.54) is 5.56 Å². The van der Waals surface area contributed by atoms with E-state index in [1.54, 1.807) is 11.3 Å². The highest BCUT2D eigenvalue weighted by Gasteiger charge is 2.24. The van der Waals surface area contributed by atoms with Gasteiger partial charge in [0.05, 0.1) is 5.69 Å². The van der Waals surface area contributed by atoms with Gasteiger partial charge >= 0.3 is 0 Å². The van der Waals surface area contributed by atoms with Gasteiger partial charge in [-0.25, -0.2) is 4.98 Å². The second kappa shape index (κ2) is 6.33. The zero-order chi connectivity index (χ0) is 16.5. The standard InChI is InChI=1S/C17H19N5OS/c1-13-3-2-4-18-14(13)11-20-5-7-21(8-6-20)16(23)15-12-22-9-10-24-17(22)19-15/h2-4,9-10,12H,5-8,11H2,1H3. The Morgan fingerprint density at radius 3 is 2.88 bits per heavy atom. The first kappa shape index (κ1) is 15.3. The molecule has 0 radical (unpaired) electrons. The fourth-order valence-electron chi connectivity index (χ4n) is 3.00. The lowest BCUT2D eigenvalue weighted by Gasteiger charge is -2.34. The van der Waals surface area contributed by atoms with Crippen LogP contribution >= 0.6 is 11.3 Å². The van der Waals surface area contributed by atoms with Crippen molar-refractivity contribution in [2.45, 2.75) is 13.5 Å². The molecule has 7 heteroatoms. The number of piperazine rings is 1. The minimum absolute atomic E-state index is 0.0274. The van der Waals surface area contributed by atoms with E-state index in [2.05, 4.69) is 27.9 Å². The van der Waals surface area contributed by atoms with Gasteiger partial charge in [0, 0.05) is 56.7 Å². The number of amides is 1. The Labute approximate surface area is 144 Å². The van der Waals surface area contributed by atoms with Gasteiger partial charge in [-0.2, -0.15) is 0 Å². The highest BCUT2D eigenvalue weighted by atomic mass is 32.1. The Hall–Kier alpha value is -2.25. The van der Waals surface area contributed by atoms with E-state index in [9.17, 15) is 4.79 Å². The monoisotopic (exact) mass is 341 g/mol. The average molecular weight is 341 g/mol. The van der Waals surface area contributed by atoms with Crippen molar-refractivity contribution < 1.29 is 4.79 Å². The maximum Gasteiger partial charge on any atom is 0.274 e. The van der Waals surface area contributed by atoms with Gasteiger partial charge in [0.2, 0.25) is 0 Å². The van der Waals surface area contributed by atoms with Crippen LogP contribution in [0.5, 0.6) is 0 Å². The molecular weight excluding hydrogens is 322 g/mol. The summed E-state index contributed by atoms with van der Waals surface area (Å²) >= 11 is 1.54. The molecule has 124 valence electrons. The van der Waals surface area contributed by atoms with Crippen LogP contribution in [0.15, 0.2) is 36.1 Å². The quantitative estimate of drug-likeness (QED) is 0.732. The molecule has 1 aliphatic heterocycles. The smallest absolute Gasteiger partial charge is 0.274 e. The number of pyridine rings is 1. The van der Waals surface area contributed by atoms with Gasteiger partial charge in [-0.05, 0) is 18.6 Å². The maximum absolute atomic E-state index is 12.6. The van der Waals surface area contributed by atoms with Crippen LogP contribution in [0.3, 0.4) is 0 Å². The topological polar surface area (TPSA) is 53.7 Å². The molecule has 1 fully saturated rings. The van der Waals surface area contributed by atoms with E-state index < -0.39 is 0 Å². The summed E-state index contributed by atoms with van der Waals surface area (Å²) in [7, 11) is 0. The van der Waals surface area contributed by atoms with Crippen molar-refractivity contribution in [1.29, 1.82) is 0 Å². The molecule has 1 saturated heterocycles. The van der Waals surface area contributed by atoms with E-state index in [0.29, 0.717) is 5.69 Å². The van der Waals surface area contributed by atoms with Crippen LogP contribution in [0, 0.1) is 6.92 Å². The summed E-state index contributed by atoms with van der Waals surface area (Å²) in [6.45, 7) is 6.13. The molecule has 1 aliphatic rings. The third-order valence-electron chi connectivity index (χ3n) is 4.46. The first-order valence-corrected chi connectivity index (χ1v) is 8.93. The highest BCUT2D eigenvalue weighted by Crippen LogP contribution is 2.15. The summed E-state index contributed by atoms with van der Waals surface area (Å²) in [5.41, 5.74) is 2.87. The molecule has 0 atom stereocenters. The van der Waals surface area contributed by atoms with Crippen LogP contribution in [0.25, 0.3) is 4.96 Å². The van der Waals surface area contributed by atoms with Gasteiger partial charge in [0.1, 0.15) is 5.69 Å². The summed E-state index contributed by atoms with van der Waals surface area (Å²) in [5.74, 6) is 0.0274. The number of hydrogen-bond acceptors (Lipinski definition) is 5. The maximum atomic E-state index is 12.6. The fraction of sp³-hybridized carbons (Fsp3) is 0.353. The minimum Gasteiger partial charge on any atom is -0.335 e. The highest BCUT2D eigenvalue weighted by molar-refractivity contribution is 7.15. The molecule has 24 heavy (non-hydrogen) atoms. The Balaban J connectivity index is 1.38. The van der Waals surface area contributed by atoms with E-state index in [0.717, 1.165) is 43.4 Å². The first-order chi connectivity index (χ1) is 11.7. The number of aromatic nitrogens is 3. The van der Waals surface area contributed by atoms with Crippen LogP contribution in [0.2, 0.25) is 0 Å². The molecule has 3 aromatic rings. The van der Waals surface area contributed by atoms with E-state index in [1.807, 2.05) is 39.3 Å². The van der Waals surface area contributed by atoms with Crippen molar-refractivity contribution in [3.05, 3.63) is 53.1 Å². The summed E-state index contributed by atoms with van der Waals surface area (Å²) in [5, 5.41) is 1.97. The fourth-order valence-corrected chi connectivity index (χ4v) is 3.70. The van der Waals surface area contributed by atoms with Crippen molar-refractivity contribution in [1.82, 2.24) is 24.2 Å². The van der Waals surface area contributed by atoms with Gasteiger partial charge in [0.25, 0.3) is 5.91 Å². The summed E-state index contributed by atoms with van der Waals surface area (Å²) in [4.78, 5) is 26.6. The normalized spacial score (nSPS) is 16.0. The van der Waals surface area contributed by atoms with Crippen molar-refractivity contribution in [2.75, 3.05) is 26.2 Å². The molecule has 1 amide bonds. The molecule has 0 saturated carbocycles. The van der Waals surface area contributed by atoms with E-state index in [4.69, 9.17) is 0 Å². The van der Waals surface area contributed by atoms with Gasteiger partial charge in [-0.3, -0.25) is 19.1 Å². The van der Waals surface area contributed by atoms with Crippen molar-refractivity contribution in [3.8, 4) is 0 Å². The van der Waals surface area contributed by atoms with Crippen molar-refractivity contribution in [3.63, 3.8) is 0 Å². The Morgan fingerprint density at radius 1 is 1.29 bits per heavy atom. The number of thiazole rings is 1. The van der Waals surface area contributed by atoms with Crippen molar-refractivity contribution in [2.24, 2.45) is 0 Å². The molecule has 0 N–H and O–H groups in total. The summed E-state index contributed by atoms with van der Waals surface area (Å²) in [6.07, 6.45) is 5.58. The third kappa shape index (κ3) is 2.92. The number of hydrogen-bond donors (Lipinski definition) is 0. The van der Waals surface area contributed by atoms with E-state index >= 15 is 0 Å². The molecule has 3 aromatic heterocycles. The van der Waals surface area contributed by atoms with Gasteiger partial charge in [-0.15, -0.1) is 11.3 Å². The molecule has 0 unspecified atom stereocenters. The Kier molecular flexibility index (Phi) is 4.03. The SMILES string of the molecule is Cc1cccnc1CN1CCN(C(=O)c2cn3ccsc3n2)CC1. The lowest BCUT2D eigenvalue weighted by atomic mass is 10.2. The van der Waals surface area contributed by atoms with Gasteiger partial charge in [-0.1, -0.05) is 6.07 Å². The van der Waals surface area contributed by atoms with Crippen LogP contribution in [0.1, 0.15) is 21.7 Å². The lowest BCUT2D eigenvalue weighted by molar-refractivity contribution is 0.0621. The predicted molar refractivity (Wildman–Crippen MR) is 93.2 cm³/mol. The summed E-state index contributed by atoms with van der Waals surface area (Å²) < 4.78 is 1.90. The molecular formula is C17H19N5OS. The number of carbonyl (C=O) groups excluding carboxylic acids is 1. The first-order valence-electron chi connectivity index (χ1n) is 8.05. The van der Waals surface area contributed by atoms with Crippen LogP contribution in [-0.2, 0) is 6.54 Å². The number of carbonyl (C=O) groups is 1. The number of aryl methyl sites for hydroxylation is 1. The van der Waals surface area contributed by atoms with Crippen molar-refractivity contribution >= 4 is 22.2 Å². The average Bonchev–Trinajstić information content (AvgIpc) is 3.19. The third-order valence-corrected chi connectivity index (χ3v) is 5.23. The zero-order valence-corrected chi connectivity index (χ0v) is 14.4. The van der Waals surface area contributed by atoms with Gasteiger partial charge < -0.3 is 4.90 Å². The Bertz CT molecular complexity index is 834. The molecule has 4 rings (SSSR count). The zero-order valence-electron chi connectivity index (χ0n) is 13.6. The second-order valence-electron chi connectivity index (χ2n) is 6.05. The second-order valence-corrected chi connectivity index (χ2v) is 6.93. The lowest BCUT2D eigenvalue weighted by Crippen LogP contribution is -2.48. The Morgan fingerprint density at radius 2 is 2.12 bits per heavy atom. The molecule has 6 nitrogen and oxygen atoms in total. The minimum atomic E-state index is 0.0274. The van der Waals surface area contributed by atoms with E-state index in [-0.39, 0.29) is 5.91 Å². The number of imidazole rings is 1. The predicted octanol–water partition coefficient (Wildman–Crippen LogP) is 2.06. The largest absolute Gasteiger partial charge is 0.335 e. The van der Waals surface area contributed by atoms with Gasteiger partial charge in [0.15, 0.2) is 4.96 Å². The number of nitrogens with zero attached hydrogens (tertiary/aromatic N) is 5. The molecule has 0 aromatic carbocycles. The molecule has 0 aliphatic carbocycles. The van der Waals surface area contributed by atoms with Crippen LogP contribution in [-0.4, -0.2) is 56.3 Å². The van der Waals surface area contributed by atoms with Crippen LogP contribution < -0.4 is 0 Å². The summed E-state index contributed by atoms with van der Waals surface area (Å²) in [6, 6.07) is 4.05.